The van der Waals surface area contributed by atoms with E-state index in [0.29, 0.717) is 11.9 Å². The molecule has 0 aliphatic carbocycles. The van der Waals surface area contributed by atoms with Crippen LogP contribution in [0.25, 0.3) is 22.4 Å². The second-order valence-corrected chi connectivity index (χ2v) is 4.30. The molecule has 0 unspecified atom stereocenters. The first-order valence-electron chi connectivity index (χ1n) is 5.93. The lowest BCUT2D eigenvalue weighted by Gasteiger charge is -2.04. The van der Waals surface area contributed by atoms with Crippen molar-refractivity contribution in [2.75, 3.05) is 7.11 Å². The van der Waals surface area contributed by atoms with Gasteiger partial charge >= 0.3 is 6.01 Å². The molecule has 0 bridgehead atoms. The van der Waals surface area contributed by atoms with Crippen molar-refractivity contribution in [3.05, 3.63) is 35.9 Å². The summed E-state index contributed by atoms with van der Waals surface area (Å²) in [7, 11) is 1.56. The fourth-order valence-electron chi connectivity index (χ4n) is 1.98. The number of oxazole rings is 1. The van der Waals surface area contributed by atoms with Crippen LogP contribution in [0.5, 0.6) is 6.01 Å². The molecule has 19 heavy (non-hydrogen) atoms. The quantitative estimate of drug-likeness (QED) is 0.704. The van der Waals surface area contributed by atoms with Crippen LogP contribution in [0.15, 0.2) is 28.7 Å². The van der Waals surface area contributed by atoms with Gasteiger partial charge in [0.25, 0.3) is 0 Å². The molecule has 0 fully saturated rings. The van der Waals surface area contributed by atoms with E-state index in [0.717, 1.165) is 28.1 Å². The van der Waals surface area contributed by atoms with E-state index in [1.807, 2.05) is 38.1 Å². The van der Waals surface area contributed by atoms with Gasteiger partial charge in [-0.25, -0.2) is 9.97 Å². The van der Waals surface area contributed by atoms with Gasteiger partial charge in [-0.3, -0.25) is 0 Å². The molecular formula is C14H13N3O2. The smallest absolute Gasteiger partial charge is 0.316 e. The third-order valence-corrected chi connectivity index (χ3v) is 2.81. The van der Waals surface area contributed by atoms with Crippen molar-refractivity contribution in [3.63, 3.8) is 0 Å². The van der Waals surface area contributed by atoms with E-state index < -0.39 is 0 Å². The van der Waals surface area contributed by atoms with Crippen LogP contribution in [0.4, 0.5) is 0 Å². The van der Waals surface area contributed by atoms with Crippen LogP contribution in [0.3, 0.4) is 0 Å². The first-order valence-corrected chi connectivity index (χ1v) is 5.93. The fraction of sp³-hybridized carbons (Fsp3) is 0.214. The highest BCUT2D eigenvalue weighted by Crippen LogP contribution is 2.25. The lowest BCUT2D eigenvalue weighted by atomic mass is 10.1. The van der Waals surface area contributed by atoms with E-state index >= 15 is 0 Å². The van der Waals surface area contributed by atoms with Crippen LogP contribution in [-0.2, 0) is 0 Å². The molecule has 0 saturated heterocycles. The van der Waals surface area contributed by atoms with Crippen molar-refractivity contribution < 1.29 is 9.15 Å². The molecule has 3 aromatic rings. The van der Waals surface area contributed by atoms with Gasteiger partial charge in [-0.15, -0.1) is 0 Å². The van der Waals surface area contributed by atoms with Gasteiger partial charge in [-0.1, -0.05) is 6.07 Å². The van der Waals surface area contributed by atoms with Gasteiger partial charge < -0.3 is 9.15 Å². The van der Waals surface area contributed by atoms with E-state index in [-0.39, 0.29) is 0 Å². The summed E-state index contributed by atoms with van der Waals surface area (Å²) < 4.78 is 10.6. The van der Waals surface area contributed by atoms with Crippen LogP contribution in [0.2, 0.25) is 0 Å². The molecule has 2 aromatic heterocycles. The zero-order chi connectivity index (χ0) is 13.4. The van der Waals surface area contributed by atoms with Gasteiger partial charge in [-0.05, 0) is 25.1 Å². The Morgan fingerprint density at radius 1 is 1.05 bits per heavy atom. The standard InChI is InChI=1S/C14H13N3O2/c1-8-6-12(17-14(15-8)18-3)10-4-5-11-13(7-10)19-9(2)16-11/h4-7H,1-3H3. The summed E-state index contributed by atoms with van der Waals surface area (Å²) >= 11 is 0. The largest absolute Gasteiger partial charge is 0.467 e. The van der Waals surface area contributed by atoms with Crippen molar-refractivity contribution in [2.45, 2.75) is 13.8 Å². The number of rotatable bonds is 2. The average molecular weight is 255 g/mol. The van der Waals surface area contributed by atoms with Crippen LogP contribution in [0, 0.1) is 13.8 Å². The molecule has 2 heterocycles. The van der Waals surface area contributed by atoms with Crippen LogP contribution in [0.1, 0.15) is 11.6 Å². The molecule has 0 saturated carbocycles. The summed E-state index contributed by atoms with van der Waals surface area (Å²) in [6, 6.07) is 8.09. The first kappa shape index (κ1) is 11.6. The lowest BCUT2D eigenvalue weighted by Crippen LogP contribution is -1.95. The van der Waals surface area contributed by atoms with Crippen molar-refractivity contribution in [1.82, 2.24) is 15.0 Å². The molecule has 5 heteroatoms. The second-order valence-electron chi connectivity index (χ2n) is 4.30. The number of hydrogen-bond donors (Lipinski definition) is 0. The monoisotopic (exact) mass is 255 g/mol. The molecule has 0 spiro atoms. The SMILES string of the molecule is COc1nc(C)cc(-c2ccc3nc(C)oc3c2)n1. The molecule has 3 rings (SSSR count). The van der Waals surface area contributed by atoms with Gasteiger partial charge in [0.05, 0.1) is 12.8 Å². The maximum atomic E-state index is 5.53. The maximum absolute atomic E-state index is 5.53. The fourth-order valence-corrected chi connectivity index (χ4v) is 1.98. The summed E-state index contributed by atoms with van der Waals surface area (Å²) in [5.41, 5.74) is 4.22. The van der Waals surface area contributed by atoms with E-state index in [2.05, 4.69) is 15.0 Å². The molecule has 0 aliphatic heterocycles. The third kappa shape index (κ3) is 2.14. The Hall–Kier alpha value is -2.43. The minimum absolute atomic E-state index is 0.365. The number of aryl methyl sites for hydroxylation is 2. The van der Waals surface area contributed by atoms with Gasteiger partial charge in [-0.2, -0.15) is 4.98 Å². The predicted octanol–water partition coefficient (Wildman–Crippen LogP) is 2.91. The Labute approximate surface area is 110 Å². The molecule has 0 radical (unpaired) electrons. The minimum Gasteiger partial charge on any atom is -0.467 e. The lowest BCUT2D eigenvalue weighted by molar-refractivity contribution is 0.379. The average Bonchev–Trinajstić information content (AvgIpc) is 2.76. The minimum atomic E-state index is 0.365. The van der Waals surface area contributed by atoms with Crippen molar-refractivity contribution in [1.29, 1.82) is 0 Å². The highest BCUT2D eigenvalue weighted by Gasteiger charge is 2.08. The number of nitrogens with zero attached hydrogens (tertiary/aromatic N) is 3. The summed E-state index contributed by atoms with van der Waals surface area (Å²) in [4.78, 5) is 12.8. The number of fused-ring (bicyclic) bond motifs is 1. The zero-order valence-electron chi connectivity index (χ0n) is 11.0. The highest BCUT2D eigenvalue weighted by atomic mass is 16.5. The number of ether oxygens (including phenoxy) is 1. The van der Waals surface area contributed by atoms with E-state index in [4.69, 9.17) is 9.15 Å². The van der Waals surface area contributed by atoms with Crippen molar-refractivity contribution in [2.24, 2.45) is 0 Å². The predicted molar refractivity (Wildman–Crippen MR) is 71.1 cm³/mol. The first-order chi connectivity index (χ1) is 9.15. The van der Waals surface area contributed by atoms with Crippen LogP contribution < -0.4 is 4.74 Å². The highest BCUT2D eigenvalue weighted by molar-refractivity contribution is 5.79. The Bertz CT molecular complexity index is 750. The number of methoxy groups -OCH3 is 1. The molecule has 0 aliphatic rings. The second kappa shape index (κ2) is 4.35. The molecule has 96 valence electrons. The maximum Gasteiger partial charge on any atom is 0.316 e. The number of benzene rings is 1. The number of hydrogen-bond acceptors (Lipinski definition) is 5. The molecule has 1 aromatic carbocycles. The summed E-state index contributed by atoms with van der Waals surface area (Å²) in [5.74, 6) is 0.656. The van der Waals surface area contributed by atoms with Gasteiger partial charge in [0, 0.05) is 18.2 Å². The Kier molecular flexibility index (Phi) is 2.67. The normalized spacial score (nSPS) is 10.9. The van der Waals surface area contributed by atoms with E-state index in [1.54, 1.807) is 7.11 Å². The van der Waals surface area contributed by atoms with E-state index in [1.165, 1.54) is 0 Å². The van der Waals surface area contributed by atoms with Crippen LogP contribution >= 0.6 is 0 Å². The van der Waals surface area contributed by atoms with Crippen LogP contribution in [-0.4, -0.2) is 22.1 Å². The zero-order valence-corrected chi connectivity index (χ0v) is 11.0. The van der Waals surface area contributed by atoms with Crippen molar-refractivity contribution >= 4 is 11.1 Å². The summed E-state index contributed by atoms with van der Waals surface area (Å²) in [5, 5.41) is 0. The molecular weight excluding hydrogens is 242 g/mol. The van der Waals surface area contributed by atoms with E-state index in [9.17, 15) is 0 Å². The van der Waals surface area contributed by atoms with Crippen molar-refractivity contribution in [3.8, 4) is 17.3 Å². The molecule has 0 amide bonds. The topological polar surface area (TPSA) is 61.0 Å². The Balaban J connectivity index is 2.15. The molecule has 5 nitrogen and oxygen atoms in total. The van der Waals surface area contributed by atoms with Gasteiger partial charge in [0.2, 0.25) is 0 Å². The Morgan fingerprint density at radius 2 is 1.89 bits per heavy atom. The summed E-state index contributed by atoms with van der Waals surface area (Å²) in [6.07, 6.45) is 0. The van der Waals surface area contributed by atoms with Gasteiger partial charge in [0.1, 0.15) is 5.52 Å². The van der Waals surface area contributed by atoms with Gasteiger partial charge in [0.15, 0.2) is 11.5 Å². The summed E-state index contributed by atoms with van der Waals surface area (Å²) in [6.45, 7) is 3.74. The Morgan fingerprint density at radius 3 is 2.68 bits per heavy atom. The molecule has 0 atom stereocenters. The third-order valence-electron chi connectivity index (χ3n) is 2.81. The molecule has 0 N–H and O–H groups in total. The number of aromatic nitrogens is 3.